The van der Waals surface area contributed by atoms with Gasteiger partial charge >= 0.3 is 17.9 Å². The third-order valence-corrected chi connectivity index (χ3v) is 10.5. The molecule has 0 aliphatic heterocycles. The van der Waals surface area contributed by atoms with Gasteiger partial charge in [-0.1, -0.05) is 206 Å². The monoisotopic (exact) mass is 763 g/mol. The highest BCUT2D eigenvalue weighted by molar-refractivity contribution is 5.71. The molecule has 6 heteroatoms. The summed E-state index contributed by atoms with van der Waals surface area (Å²) in [5.41, 5.74) is 0. The van der Waals surface area contributed by atoms with Gasteiger partial charge in [-0.2, -0.15) is 0 Å². The van der Waals surface area contributed by atoms with Crippen LogP contribution in [0.2, 0.25) is 0 Å². The molecule has 0 rings (SSSR count). The highest BCUT2D eigenvalue weighted by Gasteiger charge is 2.19. The van der Waals surface area contributed by atoms with Gasteiger partial charge in [0.05, 0.1) is 0 Å². The molecule has 6 nitrogen and oxygen atoms in total. The molecule has 0 aromatic carbocycles. The van der Waals surface area contributed by atoms with Gasteiger partial charge in [-0.15, -0.1) is 0 Å². The molecule has 318 valence electrons. The molecule has 1 atom stereocenters. The standard InChI is InChI=1S/C48H90O6/c1-4-7-10-13-16-18-19-20-21-22-23-24-25-26-27-28-29-31-32-35-38-41-47(50)53-44-45(43-52-46(49)40-37-34-15-12-9-6-3)54-48(51)42-39-36-33-30-17-14-11-8-5-2/h22-23,45H,4-21,24-44H2,1-3H3/b23-22-. The lowest BCUT2D eigenvalue weighted by Crippen LogP contribution is -2.30. The molecule has 0 spiro atoms. The lowest BCUT2D eigenvalue weighted by atomic mass is 10.1. The molecule has 1 unspecified atom stereocenters. The molecule has 0 saturated heterocycles. The highest BCUT2D eigenvalue weighted by Crippen LogP contribution is 2.15. The van der Waals surface area contributed by atoms with Crippen LogP contribution in [0, 0.1) is 0 Å². The number of hydrogen-bond donors (Lipinski definition) is 0. The lowest BCUT2D eigenvalue weighted by Gasteiger charge is -2.18. The molecule has 0 aliphatic rings. The number of esters is 3. The van der Waals surface area contributed by atoms with E-state index in [0.717, 1.165) is 57.8 Å². The second-order valence-electron chi connectivity index (χ2n) is 16.0. The average Bonchev–Trinajstić information content (AvgIpc) is 3.17. The summed E-state index contributed by atoms with van der Waals surface area (Å²) in [6.45, 7) is 6.57. The van der Waals surface area contributed by atoms with E-state index in [9.17, 15) is 14.4 Å². The zero-order valence-electron chi connectivity index (χ0n) is 36.3. The molecular formula is C48H90O6. The van der Waals surface area contributed by atoms with Gasteiger partial charge in [-0.3, -0.25) is 14.4 Å². The maximum absolute atomic E-state index is 12.6. The second kappa shape index (κ2) is 43.9. The van der Waals surface area contributed by atoms with Crippen LogP contribution in [0.4, 0.5) is 0 Å². The zero-order valence-corrected chi connectivity index (χ0v) is 36.3. The number of carbonyl (C=O) groups is 3. The minimum atomic E-state index is -0.760. The Labute approximate surface area is 335 Å². The van der Waals surface area contributed by atoms with E-state index in [1.807, 2.05) is 0 Å². The van der Waals surface area contributed by atoms with E-state index in [-0.39, 0.29) is 31.1 Å². The zero-order chi connectivity index (χ0) is 39.4. The van der Waals surface area contributed by atoms with Crippen LogP contribution in [-0.2, 0) is 28.6 Å². The molecule has 0 heterocycles. The first-order valence-electron chi connectivity index (χ1n) is 23.7. The van der Waals surface area contributed by atoms with Crippen molar-refractivity contribution in [2.45, 2.75) is 264 Å². The van der Waals surface area contributed by atoms with Crippen LogP contribution in [0.5, 0.6) is 0 Å². The number of hydrogen-bond acceptors (Lipinski definition) is 6. The first kappa shape index (κ1) is 52.2. The lowest BCUT2D eigenvalue weighted by molar-refractivity contribution is -0.167. The van der Waals surface area contributed by atoms with Crippen molar-refractivity contribution < 1.29 is 28.6 Å². The Morgan fingerprint density at radius 1 is 0.352 bits per heavy atom. The fourth-order valence-electron chi connectivity index (χ4n) is 6.91. The first-order valence-corrected chi connectivity index (χ1v) is 23.7. The number of allylic oxidation sites excluding steroid dienone is 2. The Morgan fingerprint density at radius 3 is 0.926 bits per heavy atom. The van der Waals surface area contributed by atoms with Gasteiger partial charge in [0.25, 0.3) is 0 Å². The van der Waals surface area contributed by atoms with E-state index in [4.69, 9.17) is 14.2 Å². The smallest absolute Gasteiger partial charge is 0.306 e. The maximum atomic E-state index is 12.6. The SMILES string of the molecule is CCCCCCCCCC/C=C\CCCCCCCCCCCC(=O)OCC(COC(=O)CCCCCCCC)OC(=O)CCCCCCCCCCC. The maximum Gasteiger partial charge on any atom is 0.306 e. The van der Waals surface area contributed by atoms with Gasteiger partial charge < -0.3 is 14.2 Å². The van der Waals surface area contributed by atoms with E-state index >= 15 is 0 Å². The van der Waals surface area contributed by atoms with Gasteiger partial charge in [-0.25, -0.2) is 0 Å². The first-order chi connectivity index (χ1) is 26.5. The van der Waals surface area contributed by atoms with Crippen LogP contribution in [0.25, 0.3) is 0 Å². The van der Waals surface area contributed by atoms with Crippen molar-refractivity contribution in [1.29, 1.82) is 0 Å². The molecule has 0 radical (unpaired) electrons. The van der Waals surface area contributed by atoms with Crippen LogP contribution in [-0.4, -0.2) is 37.2 Å². The largest absolute Gasteiger partial charge is 0.462 e. The molecule has 0 amide bonds. The van der Waals surface area contributed by atoms with Crippen molar-refractivity contribution in [1.82, 2.24) is 0 Å². The molecular weight excluding hydrogens is 673 g/mol. The molecule has 0 saturated carbocycles. The van der Waals surface area contributed by atoms with Crippen LogP contribution in [0.3, 0.4) is 0 Å². The number of unbranched alkanes of at least 4 members (excludes halogenated alkanes) is 30. The third kappa shape index (κ3) is 41.3. The van der Waals surface area contributed by atoms with Crippen LogP contribution in [0.1, 0.15) is 258 Å². The van der Waals surface area contributed by atoms with Crippen LogP contribution >= 0.6 is 0 Å². The van der Waals surface area contributed by atoms with Crippen molar-refractivity contribution in [3.8, 4) is 0 Å². The van der Waals surface area contributed by atoms with E-state index in [1.165, 1.54) is 161 Å². The molecule has 0 aliphatic carbocycles. The summed E-state index contributed by atoms with van der Waals surface area (Å²) in [6, 6.07) is 0. The molecule has 0 aromatic heterocycles. The predicted octanol–water partition coefficient (Wildman–Crippen LogP) is 15.0. The molecule has 0 aromatic rings. The summed E-state index contributed by atoms with van der Waals surface area (Å²) in [5.74, 6) is -0.874. The van der Waals surface area contributed by atoms with Gasteiger partial charge in [0.1, 0.15) is 13.2 Å². The fourth-order valence-corrected chi connectivity index (χ4v) is 6.91. The topological polar surface area (TPSA) is 78.9 Å². The number of carbonyl (C=O) groups excluding carboxylic acids is 3. The van der Waals surface area contributed by atoms with Crippen molar-refractivity contribution >= 4 is 17.9 Å². The Hall–Kier alpha value is -1.85. The summed E-state index contributed by atoms with van der Waals surface area (Å²) in [6.07, 6.45) is 46.6. The van der Waals surface area contributed by atoms with Gasteiger partial charge in [-0.05, 0) is 44.9 Å². The Bertz CT molecular complexity index is 839. The Morgan fingerprint density at radius 2 is 0.611 bits per heavy atom. The molecule has 0 bridgehead atoms. The Kier molecular flexibility index (Phi) is 42.4. The average molecular weight is 763 g/mol. The normalized spacial score (nSPS) is 12.0. The minimum Gasteiger partial charge on any atom is -0.462 e. The van der Waals surface area contributed by atoms with E-state index in [1.54, 1.807) is 0 Å². The second-order valence-corrected chi connectivity index (χ2v) is 16.0. The molecule has 0 N–H and O–H groups in total. The summed E-state index contributed by atoms with van der Waals surface area (Å²) in [4.78, 5) is 37.5. The van der Waals surface area contributed by atoms with Crippen molar-refractivity contribution in [2.75, 3.05) is 13.2 Å². The highest BCUT2D eigenvalue weighted by atomic mass is 16.6. The van der Waals surface area contributed by atoms with Gasteiger partial charge in [0.15, 0.2) is 6.10 Å². The van der Waals surface area contributed by atoms with Crippen LogP contribution in [0.15, 0.2) is 12.2 Å². The van der Waals surface area contributed by atoms with Crippen molar-refractivity contribution in [2.24, 2.45) is 0 Å². The summed E-state index contributed by atoms with van der Waals surface area (Å²) >= 11 is 0. The third-order valence-electron chi connectivity index (χ3n) is 10.5. The van der Waals surface area contributed by atoms with Crippen LogP contribution < -0.4 is 0 Å². The summed E-state index contributed by atoms with van der Waals surface area (Å²) in [5, 5.41) is 0. The molecule has 54 heavy (non-hydrogen) atoms. The Balaban J connectivity index is 4.09. The number of ether oxygens (including phenoxy) is 3. The van der Waals surface area contributed by atoms with Crippen molar-refractivity contribution in [3.63, 3.8) is 0 Å². The van der Waals surface area contributed by atoms with E-state index < -0.39 is 6.10 Å². The van der Waals surface area contributed by atoms with E-state index in [0.29, 0.717) is 19.3 Å². The molecule has 0 fully saturated rings. The predicted molar refractivity (Wildman–Crippen MR) is 229 cm³/mol. The minimum absolute atomic E-state index is 0.0678. The van der Waals surface area contributed by atoms with Gasteiger partial charge in [0.2, 0.25) is 0 Å². The summed E-state index contributed by atoms with van der Waals surface area (Å²) < 4.78 is 16.6. The van der Waals surface area contributed by atoms with E-state index in [2.05, 4.69) is 32.9 Å². The summed E-state index contributed by atoms with van der Waals surface area (Å²) in [7, 11) is 0. The van der Waals surface area contributed by atoms with Gasteiger partial charge in [0, 0.05) is 19.3 Å². The fraction of sp³-hybridized carbons (Fsp3) is 0.896. The number of rotatable bonds is 43. The van der Waals surface area contributed by atoms with Crippen molar-refractivity contribution in [3.05, 3.63) is 12.2 Å². The quantitative estimate of drug-likeness (QED) is 0.0266.